The minimum Gasteiger partial charge on any atom is -1.00 e. The molecule has 0 rings (SSSR count). The van der Waals surface area contributed by atoms with Crippen LogP contribution in [-0.2, 0) is 10.4 Å². The third kappa shape index (κ3) is 208. The van der Waals surface area contributed by atoms with E-state index in [1.165, 1.54) is 0 Å². The molecular formula is H9CaLiO6S. The van der Waals surface area contributed by atoms with E-state index in [4.69, 9.17) is 17.5 Å². The predicted octanol–water partition coefficient (Wildman–Crippen LogP) is -5.34. The molecule has 0 radical (unpaired) electrons. The summed E-state index contributed by atoms with van der Waals surface area (Å²) in [5.41, 5.74) is 0. The van der Waals surface area contributed by atoms with Crippen molar-refractivity contribution in [3.63, 3.8) is 0 Å². The molecule has 0 spiro atoms. The van der Waals surface area contributed by atoms with Gasteiger partial charge in [0.2, 0.25) is 0 Å². The third-order valence-corrected chi connectivity index (χ3v) is 0. The molecule has 0 atom stereocenters. The topological polar surface area (TPSA) is 138 Å². The van der Waals surface area contributed by atoms with Gasteiger partial charge in [-0.1, -0.05) is 0 Å². The van der Waals surface area contributed by atoms with Crippen LogP contribution in [0.5, 0.6) is 0 Å². The number of hydrogen-bond donors (Lipinski definition) is 2. The SMILES string of the molecule is O.O.O=S(=O)(O)O.[Ca+2].[H-].[H-].[H-].[Li+]. The smallest absolute Gasteiger partial charge is 1.00 e. The van der Waals surface area contributed by atoms with Crippen molar-refractivity contribution in [3.05, 3.63) is 0 Å². The van der Waals surface area contributed by atoms with Crippen LogP contribution in [0.1, 0.15) is 4.28 Å². The van der Waals surface area contributed by atoms with Crippen LogP contribution in [0.25, 0.3) is 0 Å². The summed E-state index contributed by atoms with van der Waals surface area (Å²) in [6, 6.07) is 0. The molecular weight excluding hydrogens is 175 g/mol. The molecule has 0 aromatic rings. The van der Waals surface area contributed by atoms with E-state index < -0.39 is 10.4 Å². The number of hydrogen-bond acceptors (Lipinski definition) is 2. The van der Waals surface area contributed by atoms with Crippen LogP contribution in [0.4, 0.5) is 0 Å². The van der Waals surface area contributed by atoms with Crippen molar-refractivity contribution in [3.8, 4) is 0 Å². The van der Waals surface area contributed by atoms with Crippen LogP contribution >= 0.6 is 0 Å². The molecule has 0 saturated heterocycles. The zero-order valence-electron chi connectivity index (χ0n) is 7.83. The van der Waals surface area contributed by atoms with Crippen LogP contribution in [0.2, 0.25) is 0 Å². The molecule has 0 saturated carbocycles. The fourth-order valence-electron chi connectivity index (χ4n) is 0. The van der Waals surface area contributed by atoms with Crippen molar-refractivity contribution in [1.82, 2.24) is 0 Å². The fourth-order valence-corrected chi connectivity index (χ4v) is 0. The predicted molar refractivity (Wildman–Crippen MR) is 30.5 cm³/mol. The van der Waals surface area contributed by atoms with E-state index >= 15 is 0 Å². The van der Waals surface area contributed by atoms with Gasteiger partial charge in [-0.3, -0.25) is 9.11 Å². The maximum absolute atomic E-state index is 8.74. The fraction of sp³-hybridized carbons (Fsp3) is 0. The van der Waals surface area contributed by atoms with Crippen molar-refractivity contribution >= 4 is 48.1 Å². The monoisotopic (exact) mass is 184 g/mol. The van der Waals surface area contributed by atoms with E-state index in [1.807, 2.05) is 0 Å². The Morgan fingerprint density at radius 3 is 1.11 bits per heavy atom. The van der Waals surface area contributed by atoms with Crippen LogP contribution < -0.4 is 18.9 Å². The summed E-state index contributed by atoms with van der Waals surface area (Å²) in [5.74, 6) is 0. The minimum absolute atomic E-state index is 0. The van der Waals surface area contributed by atoms with Gasteiger partial charge in [0.1, 0.15) is 0 Å². The molecule has 0 aliphatic carbocycles. The van der Waals surface area contributed by atoms with E-state index in [-0.39, 0.29) is 71.8 Å². The van der Waals surface area contributed by atoms with Crippen molar-refractivity contribution < 1.29 is 51.6 Å². The Balaban J connectivity index is -0.00000000381. The average molecular weight is 184 g/mol. The second-order valence-corrected chi connectivity index (χ2v) is 1.34. The van der Waals surface area contributed by atoms with Gasteiger partial charge in [0.15, 0.2) is 0 Å². The van der Waals surface area contributed by atoms with Crippen molar-refractivity contribution in [2.24, 2.45) is 0 Å². The summed E-state index contributed by atoms with van der Waals surface area (Å²) in [4.78, 5) is 0. The molecule has 0 aliphatic heterocycles. The molecule has 9 heavy (non-hydrogen) atoms. The number of rotatable bonds is 0. The zero-order chi connectivity index (χ0) is 4.50. The van der Waals surface area contributed by atoms with Gasteiger partial charge in [0, 0.05) is 0 Å². The molecule has 0 aliphatic rings. The van der Waals surface area contributed by atoms with Crippen molar-refractivity contribution in [1.29, 1.82) is 0 Å². The first-order valence-electron chi connectivity index (χ1n) is 0.698. The standard InChI is InChI=1S/Ca.Li.H2O4S.2H2O.3H/c;;1-5(2,3)4;;;;;/h;;(H2,1,2,3,4);2*1H2;;;/q+2;+1;;;;3*-1. The van der Waals surface area contributed by atoms with Gasteiger partial charge < -0.3 is 15.2 Å². The molecule has 54 valence electrons. The molecule has 0 aromatic carbocycles. The normalized spacial score (nSPS) is 6.44. The molecule has 0 amide bonds. The Bertz CT molecular complexity index is 106. The van der Waals surface area contributed by atoms with E-state index in [9.17, 15) is 0 Å². The van der Waals surface area contributed by atoms with Crippen molar-refractivity contribution in [2.45, 2.75) is 0 Å². The van der Waals surface area contributed by atoms with Gasteiger partial charge in [-0.15, -0.1) is 0 Å². The van der Waals surface area contributed by atoms with Crippen LogP contribution in [0, 0.1) is 0 Å². The maximum Gasteiger partial charge on any atom is 2.00 e. The second kappa shape index (κ2) is 12.3. The first-order valence-corrected chi connectivity index (χ1v) is 2.10. The first-order chi connectivity index (χ1) is 2.00. The molecule has 0 fully saturated rings. The Morgan fingerprint density at radius 2 is 1.11 bits per heavy atom. The summed E-state index contributed by atoms with van der Waals surface area (Å²) in [7, 11) is -4.67. The summed E-state index contributed by atoms with van der Waals surface area (Å²) in [6.45, 7) is 0. The largest absolute Gasteiger partial charge is 2.00 e. The third-order valence-electron chi connectivity index (χ3n) is 0. The van der Waals surface area contributed by atoms with E-state index in [0.29, 0.717) is 0 Å². The average Bonchev–Trinajstić information content (AvgIpc) is 0.722. The van der Waals surface area contributed by atoms with E-state index in [0.717, 1.165) is 0 Å². The van der Waals surface area contributed by atoms with Crippen LogP contribution in [-0.4, -0.2) is 66.2 Å². The minimum atomic E-state index is -4.67. The summed E-state index contributed by atoms with van der Waals surface area (Å²) in [5, 5.41) is 0. The maximum atomic E-state index is 8.74. The molecule has 0 bridgehead atoms. The van der Waals surface area contributed by atoms with Crippen LogP contribution in [0.3, 0.4) is 0 Å². The van der Waals surface area contributed by atoms with Gasteiger partial charge in [-0.05, 0) is 0 Å². The van der Waals surface area contributed by atoms with Gasteiger partial charge in [-0.2, -0.15) is 8.42 Å². The van der Waals surface area contributed by atoms with Gasteiger partial charge in [0.25, 0.3) is 0 Å². The van der Waals surface area contributed by atoms with Gasteiger partial charge >= 0.3 is 67.0 Å². The van der Waals surface area contributed by atoms with E-state index in [2.05, 4.69) is 0 Å². The first kappa shape index (κ1) is 31.1. The summed E-state index contributed by atoms with van der Waals surface area (Å²) >= 11 is 0. The van der Waals surface area contributed by atoms with Gasteiger partial charge in [-0.25, -0.2) is 0 Å². The molecule has 9 heteroatoms. The Hall–Kier alpha value is 1.65. The van der Waals surface area contributed by atoms with Crippen LogP contribution in [0.15, 0.2) is 0 Å². The molecule has 6 nitrogen and oxygen atoms in total. The Morgan fingerprint density at radius 1 is 1.11 bits per heavy atom. The zero-order valence-corrected chi connectivity index (χ0v) is 7.85. The second-order valence-electron chi connectivity index (χ2n) is 0.448. The van der Waals surface area contributed by atoms with Gasteiger partial charge in [0.05, 0.1) is 0 Å². The molecule has 6 N–H and O–H groups in total. The molecule has 0 aromatic heterocycles. The molecule has 0 unspecified atom stereocenters. The quantitative estimate of drug-likeness (QED) is 0.286. The Labute approximate surface area is 98.8 Å². The summed E-state index contributed by atoms with van der Waals surface area (Å²) < 4.78 is 31.6. The summed E-state index contributed by atoms with van der Waals surface area (Å²) in [6.07, 6.45) is 0. The molecule has 0 heterocycles. The Kier molecular flexibility index (Phi) is 42.6. The van der Waals surface area contributed by atoms with E-state index in [1.54, 1.807) is 0 Å². The van der Waals surface area contributed by atoms with Crippen molar-refractivity contribution in [2.75, 3.05) is 0 Å².